The van der Waals surface area contributed by atoms with E-state index in [4.69, 9.17) is 0 Å². The molecule has 0 radical (unpaired) electrons. The van der Waals surface area contributed by atoms with E-state index < -0.39 is 46.0 Å². The van der Waals surface area contributed by atoms with E-state index in [-0.39, 0.29) is 44.5 Å². The highest BCUT2D eigenvalue weighted by Crippen LogP contribution is 2.62. The molecule has 6 aromatic heterocycles. The van der Waals surface area contributed by atoms with Crippen LogP contribution < -0.4 is 0 Å². The van der Waals surface area contributed by atoms with E-state index >= 15 is 17.6 Å². The molecule has 0 saturated heterocycles. The van der Waals surface area contributed by atoms with Crippen molar-refractivity contribution < 1.29 is 27.2 Å². The molecule has 20 heteroatoms. The van der Waals surface area contributed by atoms with Crippen molar-refractivity contribution in [2.75, 3.05) is 0 Å². The first-order valence-corrected chi connectivity index (χ1v) is 44.1. The predicted molar refractivity (Wildman–Crippen MR) is 436 cm³/mol. The van der Waals surface area contributed by atoms with Gasteiger partial charge < -0.3 is 0 Å². The molecule has 3 aromatic carbocycles. The maximum Gasteiger partial charge on any atom is 0.194 e. The molecule has 13 rings (SSSR count). The van der Waals surface area contributed by atoms with Crippen LogP contribution in [-0.2, 0) is 31.4 Å². The number of unbranched alkanes of at least 4 members (excludes halogenated alkanes) is 12. The van der Waals surface area contributed by atoms with Gasteiger partial charge in [-0.1, -0.05) is 140 Å². The molecule has 9 aromatic rings. The number of thioether (sulfide) groups is 4. The molecule has 0 fully saturated rings. The molecule has 6 heterocycles. The molecular formula is C85H72F4N4O2S10. The lowest BCUT2D eigenvalue weighted by Crippen LogP contribution is -1.97. The van der Waals surface area contributed by atoms with E-state index in [1.54, 1.807) is 93.2 Å². The summed E-state index contributed by atoms with van der Waals surface area (Å²) in [5.74, 6) is -5.44. The van der Waals surface area contributed by atoms with Crippen molar-refractivity contribution >= 4 is 161 Å². The lowest BCUT2D eigenvalue weighted by Gasteiger charge is -2.15. The Hall–Kier alpha value is -7.28. The molecule has 532 valence electrons. The van der Waals surface area contributed by atoms with Crippen LogP contribution in [0.3, 0.4) is 0 Å². The second kappa shape index (κ2) is 34.7. The molecule has 0 atom stereocenters. The Bertz CT molecular complexity index is 5210. The molecule has 0 N–H and O–H groups in total. The van der Waals surface area contributed by atoms with Crippen LogP contribution in [0.4, 0.5) is 17.6 Å². The lowest BCUT2D eigenvalue weighted by molar-refractivity contribution is 0.103. The van der Waals surface area contributed by atoms with E-state index in [0.29, 0.717) is 15.5 Å². The second-order valence-corrected chi connectivity index (χ2v) is 38.6. The number of ketones is 2. The van der Waals surface area contributed by atoms with Crippen LogP contribution in [0.2, 0.25) is 0 Å². The summed E-state index contributed by atoms with van der Waals surface area (Å²) in [6, 6.07) is 37.8. The number of rotatable bonds is 31. The number of aryl methyl sites for hydroxylation is 4. The summed E-state index contributed by atoms with van der Waals surface area (Å²) in [6.07, 6.45) is 25.6. The van der Waals surface area contributed by atoms with E-state index in [0.717, 1.165) is 196 Å². The van der Waals surface area contributed by atoms with Gasteiger partial charge in [0.05, 0.1) is 21.1 Å². The van der Waals surface area contributed by atoms with Crippen LogP contribution in [0.5, 0.6) is 0 Å². The molecule has 0 unspecified atom stereocenters. The number of Topliss-reactive ketones (excluding diaryl/α,β-unsaturated/α-hetero) is 2. The quantitative estimate of drug-likeness (QED) is 0.0136. The normalized spacial score (nSPS) is 14.4. The molecule has 0 bridgehead atoms. The maximum atomic E-state index is 15.2. The van der Waals surface area contributed by atoms with Crippen molar-refractivity contribution in [3.63, 3.8) is 0 Å². The van der Waals surface area contributed by atoms with E-state index in [9.17, 15) is 30.6 Å². The van der Waals surface area contributed by atoms with Gasteiger partial charge in [0.1, 0.15) is 35.4 Å². The molecule has 4 aliphatic rings. The van der Waals surface area contributed by atoms with Crippen molar-refractivity contribution in [3.05, 3.63) is 230 Å². The van der Waals surface area contributed by atoms with E-state index in [1.807, 2.05) is 35.6 Å². The molecule has 6 nitrogen and oxygen atoms in total. The zero-order chi connectivity index (χ0) is 73.4. The summed E-state index contributed by atoms with van der Waals surface area (Å²) in [5, 5.41) is 41.7. The number of hydrogen-bond donors (Lipinski definition) is 0. The minimum atomic E-state index is -1.22. The molecule has 0 spiro atoms. The summed E-state index contributed by atoms with van der Waals surface area (Å²) in [4.78, 5) is 38.9. The second-order valence-electron chi connectivity index (χ2n) is 26.3. The van der Waals surface area contributed by atoms with Gasteiger partial charge in [-0.3, -0.25) is 9.59 Å². The first-order chi connectivity index (χ1) is 51.1. The van der Waals surface area contributed by atoms with Gasteiger partial charge in [0.2, 0.25) is 0 Å². The molecule has 0 amide bonds. The van der Waals surface area contributed by atoms with Crippen LogP contribution in [0.25, 0.3) is 55.3 Å². The van der Waals surface area contributed by atoms with Crippen LogP contribution in [0.1, 0.15) is 219 Å². The minimum absolute atomic E-state index is 0.0129. The number of benzene rings is 3. The van der Waals surface area contributed by atoms with Gasteiger partial charge in [-0.05, 0) is 183 Å². The SMILES string of the molecule is CCCCCCc1ccc(CS/C(Sc2ccc(CCCCCC)s2)=C2/c3cc4c(cc3-c3sc(/C=C5\C(=O)c6cc(F)c(F)cc6C5=C(C#N)C#N)cc32)C(=C(Sc2ccc(CCCCCC)s2)Sc2ccc(CCCCCC)s2)c2cc(/C=C3\C(=O)c5cc(F)c(F)cc5C3=C(C#N)C#N)sc2-4)s1. The van der Waals surface area contributed by atoms with Gasteiger partial charge in [0.25, 0.3) is 0 Å². The van der Waals surface area contributed by atoms with Crippen molar-refractivity contribution in [1.29, 1.82) is 21.0 Å². The van der Waals surface area contributed by atoms with E-state index in [1.165, 1.54) is 79.2 Å². The zero-order valence-electron chi connectivity index (χ0n) is 58.4. The fourth-order valence-corrected chi connectivity index (χ4v) is 26.4. The molecule has 0 aliphatic heterocycles. The highest BCUT2D eigenvalue weighted by molar-refractivity contribution is 8.24. The minimum Gasteiger partial charge on any atom is -0.289 e. The first kappa shape index (κ1) is 75.9. The summed E-state index contributed by atoms with van der Waals surface area (Å²) >= 11 is 17.2. The van der Waals surface area contributed by atoms with Gasteiger partial charge in [-0.15, -0.1) is 79.8 Å². The monoisotopic (exact) mass is 1580 g/mol. The number of carbonyl (C=O) groups excluding carboxylic acids is 2. The Kier molecular flexibility index (Phi) is 25.1. The van der Waals surface area contributed by atoms with Crippen LogP contribution in [-0.4, -0.2) is 11.6 Å². The molecule has 105 heavy (non-hydrogen) atoms. The summed E-state index contributed by atoms with van der Waals surface area (Å²) in [5.41, 5.74) is 6.33. The number of halogens is 4. The number of carbonyl (C=O) groups is 2. The highest BCUT2D eigenvalue weighted by Gasteiger charge is 2.40. The first-order valence-electron chi connectivity index (χ1n) is 35.7. The fourth-order valence-electron chi connectivity index (χ4n) is 13.8. The number of nitriles is 4. The number of thiophene rings is 6. The smallest absolute Gasteiger partial charge is 0.194 e. The van der Waals surface area contributed by atoms with Gasteiger partial charge in [-0.2, -0.15) is 21.0 Å². The van der Waals surface area contributed by atoms with E-state index in [2.05, 4.69) is 100 Å². The lowest BCUT2D eigenvalue weighted by atomic mass is 9.98. The molecule has 0 saturated carbocycles. The van der Waals surface area contributed by atoms with Crippen molar-refractivity contribution in [2.45, 2.75) is 174 Å². The van der Waals surface area contributed by atoms with Gasteiger partial charge in [-0.25, -0.2) is 17.6 Å². The van der Waals surface area contributed by atoms with Crippen LogP contribution in [0.15, 0.2) is 140 Å². The standard InChI is InChI=1S/C85H72F4N4O2S10/c1-5-9-13-17-21-50-25-26-54(97-50)47-96-84(103-73-30-27-51(98-73)22-18-14-10-6-2)78-57-37-64-58(38-63(57)82-67(78)35-55(101-82)33-65-76(48(43-90)44-91)59-39-69(86)71(88)41-61(59)80(65)94)79(68-36-56(102-83(64)68)34-66-77(49(45-92)46-93)60-40-70(87)72(89)42-62(60)81(66)95)85(104-74-31-28-52(99-74)23-19-15-11-7-3)105-75-32-29-53(100-75)24-20-16-12-8-4/h25-42H,5-24,47H2,1-4H3/b65-33-,66-34-,84-78+. The number of nitrogens with zero attached hydrogens (tertiary/aromatic N) is 4. The third-order valence-electron chi connectivity index (χ3n) is 19.0. The average Bonchev–Trinajstić information content (AvgIpc) is 1.55. The average molecular weight is 1580 g/mol. The molecular weight excluding hydrogens is 1510 g/mol. The van der Waals surface area contributed by atoms with Gasteiger partial charge >= 0.3 is 0 Å². The maximum absolute atomic E-state index is 15.2. The Morgan fingerprint density at radius 3 is 1.08 bits per heavy atom. The van der Waals surface area contributed by atoms with Gasteiger partial charge in [0.15, 0.2) is 34.8 Å². The van der Waals surface area contributed by atoms with Crippen molar-refractivity contribution in [3.8, 4) is 45.2 Å². The highest BCUT2D eigenvalue weighted by atomic mass is 32.2. The Morgan fingerprint density at radius 2 is 0.695 bits per heavy atom. The summed E-state index contributed by atoms with van der Waals surface area (Å²) in [6.45, 7) is 8.89. The number of allylic oxidation sites excluding steroid dienone is 6. The summed E-state index contributed by atoms with van der Waals surface area (Å²) in [7, 11) is 0. The van der Waals surface area contributed by atoms with Crippen LogP contribution in [0, 0.1) is 68.6 Å². The third kappa shape index (κ3) is 16.4. The predicted octanol–water partition coefficient (Wildman–Crippen LogP) is 28.0. The number of fused-ring (bicyclic) bond motifs is 8. The van der Waals surface area contributed by atoms with Crippen LogP contribution >= 0.6 is 115 Å². The Balaban J connectivity index is 1.05. The number of hydrogen-bond acceptors (Lipinski definition) is 16. The topological polar surface area (TPSA) is 129 Å². The Morgan fingerprint density at radius 1 is 0.362 bits per heavy atom. The fraction of sp³-hybridized carbons (Fsp3) is 0.294. The largest absolute Gasteiger partial charge is 0.289 e. The summed E-state index contributed by atoms with van der Waals surface area (Å²) < 4.78 is 66.2. The van der Waals surface area contributed by atoms with Crippen molar-refractivity contribution in [2.24, 2.45) is 0 Å². The molecule has 4 aliphatic carbocycles. The van der Waals surface area contributed by atoms with Gasteiger partial charge in [0, 0.05) is 116 Å². The zero-order valence-corrected chi connectivity index (χ0v) is 66.6. The van der Waals surface area contributed by atoms with Crippen molar-refractivity contribution in [1.82, 2.24) is 0 Å². The third-order valence-corrected chi connectivity index (χ3v) is 31.1. The Labute approximate surface area is 652 Å².